The van der Waals surface area contributed by atoms with Crippen LogP contribution in [0.5, 0.6) is 11.5 Å². The van der Waals surface area contributed by atoms with Crippen molar-refractivity contribution in [3.8, 4) is 11.5 Å². The summed E-state index contributed by atoms with van der Waals surface area (Å²) in [6.07, 6.45) is 2.72. The molecule has 4 nitrogen and oxygen atoms in total. The Morgan fingerprint density at radius 3 is 2.80 bits per heavy atom. The molecule has 0 radical (unpaired) electrons. The number of rotatable bonds is 5. The lowest BCUT2D eigenvalue weighted by atomic mass is 10.2. The summed E-state index contributed by atoms with van der Waals surface area (Å²) in [6.45, 7) is 2.69. The Balaban J connectivity index is 2.23. The fourth-order valence-corrected chi connectivity index (χ4v) is 2.72. The number of thioether (sulfide) groups is 1. The lowest BCUT2D eigenvalue weighted by molar-refractivity contribution is -0.115. The van der Waals surface area contributed by atoms with Crippen LogP contribution in [0.25, 0.3) is 6.08 Å². The molecule has 0 aromatic heterocycles. The number of hydrogen-bond donors (Lipinski definition) is 1. The van der Waals surface area contributed by atoms with E-state index in [-0.39, 0.29) is 5.91 Å². The fraction of sp³-hybridized carbons (Fsp3) is 0.286. The Kier molecular flexibility index (Phi) is 5.03. The molecule has 6 heteroatoms. The smallest absolute Gasteiger partial charge is 0.263 e. The number of ether oxygens (including phenoxy) is 2. The summed E-state index contributed by atoms with van der Waals surface area (Å²) in [5.41, 5.74) is 0.869. The predicted octanol–water partition coefficient (Wildman–Crippen LogP) is 2.97. The van der Waals surface area contributed by atoms with Gasteiger partial charge in [0, 0.05) is 0 Å². The summed E-state index contributed by atoms with van der Waals surface area (Å²) in [7, 11) is 1.59. The molecular weight excluding hydrogens is 294 g/mol. The van der Waals surface area contributed by atoms with Gasteiger partial charge in [-0.1, -0.05) is 37.0 Å². The minimum absolute atomic E-state index is 0.162. The first kappa shape index (κ1) is 14.9. The van der Waals surface area contributed by atoms with Crippen LogP contribution in [0.3, 0.4) is 0 Å². The molecule has 1 aromatic carbocycles. The van der Waals surface area contributed by atoms with Gasteiger partial charge in [-0.3, -0.25) is 4.79 Å². The van der Waals surface area contributed by atoms with Crippen molar-refractivity contribution in [1.29, 1.82) is 0 Å². The molecule has 1 saturated heterocycles. The molecule has 1 aliphatic rings. The molecule has 0 atom stereocenters. The summed E-state index contributed by atoms with van der Waals surface area (Å²) in [4.78, 5) is 12.2. The molecule has 1 N–H and O–H groups in total. The van der Waals surface area contributed by atoms with Crippen LogP contribution in [-0.4, -0.2) is 23.9 Å². The molecule has 1 amide bonds. The Morgan fingerprint density at radius 1 is 1.40 bits per heavy atom. The molecule has 1 aliphatic heterocycles. The van der Waals surface area contributed by atoms with Gasteiger partial charge in [-0.05, 0) is 30.2 Å². The molecule has 0 unspecified atom stereocenters. The van der Waals surface area contributed by atoms with Gasteiger partial charge < -0.3 is 14.8 Å². The molecule has 0 aliphatic carbocycles. The van der Waals surface area contributed by atoms with Gasteiger partial charge in [-0.25, -0.2) is 0 Å². The van der Waals surface area contributed by atoms with Crippen LogP contribution in [0.2, 0.25) is 0 Å². The van der Waals surface area contributed by atoms with Crippen molar-refractivity contribution in [2.75, 3.05) is 13.7 Å². The molecule has 0 saturated carbocycles. The Labute approximate surface area is 127 Å². The van der Waals surface area contributed by atoms with Crippen LogP contribution in [0, 0.1) is 0 Å². The van der Waals surface area contributed by atoms with E-state index in [0.29, 0.717) is 27.3 Å². The van der Waals surface area contributed by atoms with Crippen molar-refractivity contribution in [1.82, 2.24) is 5.32 Å². The van der Waals surface area contributed by atoms with Crippen molar-refractivity contribution in [2.24, 2.45) is 0 Å². The number of carbonyl (C=O) groups excluding carboxylic acids is 1. The first-order valence-corrected chi connectivity index (χ1v) is 7.42. The highest BCUT2D eigenvalue weighted by molar-refractivity contribution is 8.26. The minimum Gasteiger partial charge on any atom is -0.493 e. The van der Waals surface area contributed by atoms with Gasteiger partial charge >= 0.3 is 0 Å². The van der Waals surface area contributed by atoms with Gasteiger partial charge in [-0.2, -0.15) is 0 Å². The summed E-state index contributed by atoms with van der Waals surface area (Å²) in [5, 5.41) is 2.59. The van der Waals surface area contributed by atoms with Crippen molar-refractivity contribution >= 4 is 40.3 Å². The second kappa shape index (κ2) is 6.76. The van der Waals surface area contributed by atoms with Crippen molar-refractivity contribution in [3.05, 3.63) is 28.7 Å². The molecule has 0 spiro atoms. The summed E-state index contributed by atoms with van der Waals surface area (Å²) in [6, 6.07) is 5.57. The maximum atomic E-state index is 11.6. The van der Waals surface area contributed by atoms with Crippen molar-refractivity contribution < 1.29 is 14.3 Å². The summed E-state index contributed by atoms with van der Waals surface area (Å²) < 4.78 is 11.4. The summed E-state index contributed by atoms with van der Waals surface area (Å²) in [5.74, 6) is 1.19. The van der Waals surface area contributed by atoms with Crippen LogP contribution >= 0.6 is 24.0 Å². The molecular formula is C14H15NO3S2. The average Bonchev–Trinajstić information content (AvgIpc) is 2.75. The maximum absolute atomic E-state index is 11.6. The van der Waals surface area contributed by atoms with Crippen LogP contribution in [0.4, 0.5) is 0 Å². The van der Waals surface area contributed by atoms with E-state index in [1.54, 1.807) is 13.2 Å². The molecule has 0 bridgehead atoms. The third kappa shape index (κ3) is 3.52. The fourth-order valence-electron chi connectivity index (χ4n) is 1.68. The highest BCUT2D eigenvalue weighted by Gasteiger charge is 2.22. The zero-order chi connectivity index (χ0) is 14.5. The van der Waals surface area contributed by atoms with E-state index in [1.807, 2.05) is 25.1 Å². The SMILES string of the molecule is CCCOc1ccc(/C=C2\SC(=S)NC2=O)cc1OC. The van der Waals surface area contributed by atoms with E-state index in [4.69, 9.17) is 21.7 Å². The normalized spacial score (nSPS) is 16.4. The summed E-state index contributed by atoms with van der Waals surface area (Å²) >= 11 is 6.21. The van der Waals surface area contributed by atoms with Gasteiger partial charge in [0.15, 0.2) is 11.5 Å². The molecule has 2 rings (SSSR count). The molecule has 1 aromatic rings. The highest BCUT2D eigenvalue weighted by atomic mass is 32.2. The number of hydrogen-bond acceptors (Lipinski definition) is 5. The Bertz CT molecular complexity index is 570. The second-order valence-electron chi connectivity index (χ2n) is 4.11. The monoisotopic (exact) mass is 309 g/mol. The second-order valence-corrected chi connectivity index (χ2v) is 5.83. The molecule has 20 heavy (non-hydrogen) atoms. The number of carbonyl (C=O) groups is 1. The topological polar surface area (TPSA) is 47.6 Å². The van der Waals surface area contributed by atoms with E-state index >= 15 is 0 Å². The average molecular weight is 309 g/mol. The highest BCUT2D eigenvalue weighted by Crippen LogP contribution is 2.31. The lowest BCUT2D eigenvalue weighted by Crippen LogP contribution is -2.17. The maximum Gasteiger partial charge on any atom is 0.263 e. The van der Waals surface area contributed by atoms with Gasteiger partial charge in [-0.15, -0.1) is 0 Å². The van der Waals surface area contributed by atoms with E-state index in [0.717, 1.165) is 12.0 Å². The third-order valence-electron chi connectivity index (χ3n) is 2.59. The number of amides is 1. The Morgan fingerprint density at radius 2 is 2.20 bits per heavy atom. The first-order valence-electron chi connectivity index (χ1n) is 6.19. The quantitative estimate of drug-likeness (QED) is 0.669. The molecule has 1 heterocycles. The van der Waals surface area contributed by atoms with E-state index in [9.17, 15) is 4.79 Å². The lowest BCUT2D eigenvalue weighted by Gasteiger charge is -2.10. The zero-order valence-corrected chi connectivity index (χ0v) is 12.9. The van der Waals surface area contributed by atoms with E-state index in [1.165, 1.54) is 11.8 Å². The van der Waals surface area contributed by atoms with Crippen LogP contribution in [-0.2, 0) is 4.79 Å². The third-order valence-corrected chi connectivity index (χ3v) is 3.75. The molecule has 1 fully saturated rings. The standard InChI is InChI=1S/C14H15NO3S2/c1-3-6-18-10-5-4-9(7-11(10)17-2)8-12-13(16)15-14(19)20-12/h4-5,7-8H,3,6H2,1-2H3,(H,15,16,19)/b12-8-. The largest absolute Gasteiger partial charge is 0.493 e. The van der Waals surface area contributed by atoms with Crippen molar-refractivity contribution in [3.63, 3.8) is 0 Å². The molecule has 106 valence electrons. The van der Waals surface area contributed by atoms with Gasteiger partial charge in [0.05, 0.1) is 18.6 Å². The predicted molar refractivity (Wildman–Crippen MR) is 85.1 cm³/mol. The zero-order valence-electron chi connectivity index (χ0n) is 11.3. The van der Waals surface area contributed by atoms with E-state index < -0.39 is 0 Å². The Hall–Kier alpha value is -1.53. The minimum atomic E-state index is -0.162. The van der Waals surface area contributed by atoms with Gasteiger partial charge in [0.1, 0.15) is 4.32 Å². The van der Waals surface area contributed by atoms with Crippen LogP contribution in [0.1, 0.15) is 18.9 Å². The van der Waals surface area contributed by atoms with Crippen molar-refractivity contribution in [2.45, 2.75) is 13.3 Å². The van der Waals surface area contributed by atoms with Crippen LogP contribution < -0.4 is 14.8 Å². The van der Waals surface area contributed by atoms with Gasteiger partial charge in [0.25, 0.3) is 5.91 Å². The number of thiocarbonyl (C=S) groups is 1. The van der Waals surface area contributed by atoms with Crippen LogP contribution in [0.15, 0.2) is 23.1 Å². The number of nitrogens with one attached hydrogen (secondary N) is 1. The first-order chi connectivity index (χ1) is 9.63. The van der Waals surface area contributed by atoms with Gasteiger partial charge in [0.2, 0.25) is 0 Å². The number of benzene rings is 1. The number of methoxy groups -OCH3 is 1. The van der Waals surface area contributed by atoms with E-state index in [2.05, 4.69) is 5.32 Å².